The van der Waals surface area contributed by atoms with Crippen molar-refractivity contribution in [2.45, 2.75) is 13.0 Å². The first-order valence-corrected chi connectivity index (χ1v) is 7.29. The highest BCUT2D eigenvalue weighted by molar-refractivity contribution is 5.83. The molecule has 0 unspecified atom stereocenters. The molecule has 2 rings (SSSR count). The van der Waals surface area contributed by atoms with Crippen molar-refractivity contribution in [3.8, 4) is 0 Å². The first kappa shape index (κ1) is 15.9. The molecule has 22 heavy (non-hydrogen) atoms. The Labute approximate surface area is 131 Å². The highest BCUT2D eigenvalue weighted by atomic mass is 16.3. The Morgan fingerprint density at radius 2 is 1.82 bits per heavy atom. The van der Waals surface area contributed by atoms with Gasteiger partial charge in [0.15, 0.2) is 0 Å². The lowest BCUT2D eigenvalue weighted by Crippen LogP contribution is -2.36. The first-order chi connectivity index (χ1) is 10.5. The summed E-state index contributed by atoms with van der Waals surface area (Å²) in [7, 11) is 5.90. The number of nitrogens with zero attached hydrogens (tertiary/aromatic N) is 2. The van der Waals surface area contributed by atoms with Crippen LogP contribution < -0.4 is 15.1 Å². The van der Waals surface area contributed by atoms with Crippen LogP contribution >= 0.6 is 0 Å². The average Bonchev–Trinajstić information content (AvgIpc) is 3.01. The first-order valence-electron chi connectivity index (χ1n) is 7.29. The summed E-state index contributed by atoms with van der Waals surface area (Å²) in [6, 6.07) is 11.6. The Balaban J connectivity index is 2.00. The van der Waals surface area contributed by atoms with Crippen LogP contribution in [0.1, 0.15) is 18.7 Å². The van der Waals surface area contributed by atoms with Crippen LogP contribution in [0.2, 0.25) is 0 Å². The predicted octanol–water partition coefficient (Wildman–Crippen LogP) is 2.66. The maximum atomic E-state index is 12.2. The molecule has 0 saturated carbocycles. The van der Waals surface area contributed by atoms with Crippen molar-refractivity contribution in [3.05, 3.63) is 48.4 Å². The molecule has 0 aliphatic rings. The number of rotatable bonds is 6. The van der Waals surface area contributed by atoms with Gasteiger partial charge < -0.3 is 19.5 Å². The second-order valence-electron chi connectivity index (χ2n) is 5.54. The number of hydrogen-bond donors (Lipinski definition) is 1. The van der Waals surface area contributed by atoms with E-state index in [0.717, 1.165) is 17.1 Å². The summed E-state index contributed by atoms with van der Waals surface area (Å²) in [5.41, 5.74) is 2.10. The molecule has 5 heteroatoms. The summed E-state index contributed by atoms with van der Waals surface area (Å²) in [5, 5.41) is 2.94. The molecule has 1 amide bonds. The number of hydrogen-bond acceptors (Lipinski definition) is 4. The number of likely N-dealkylation sites (N-methyl/N-ethyl adjacent to an activating group) is 1. The molecule has 2 aromatic rings. The standard InChI is InChI=1S/C17H23N3O2/c1-13(16-10-7-11-22-16)18-17(21)12-20(4)15-9-6-5-8-14(15)19(2)3/h5-11,13H,12H2,1-4H3,(H,18,21)/t13-/m0/s1. The third-order valence-electron chi connectivity index (χ3n) is 3.50. The van der Waals surface area contributed by atoms with Crippen molar-refractivity contribution in [2.24, 2.45) is 0 Å². The molecule has 0 aliphatic carbocycles. The summed E-state index contributed by atoms with van der Waals surface area (Å²) in [4.78, 5) is 16.2. The van der Waals surface area contributed by atoms with Gasteiger partial charge in [-0.3, -0.25) is 4.79 Å². The summed E-state index contributed by atoms with van der Waals surface area (Å²) >= 11 is 0. The molecular formula is C17H23N3O2. The van der Waals surface area contributed by atoms with Gasteiger partial charge in [-0.15, -0.1) is 0 Å². The number of amides is 1. The van der Waals surface area contributed by atoms with Gasteiger partial charge in [0.25, 0.3) is 0 Å². The van der Waals surface area contributed by atoms with Gasteiger partial charge in [-0.2, -0.15) is 0 Å². The lowest BCUT2D eigenvalue weighted by molar-refractivity contribution is -0.120. The fourth-order valence-corrected chi connectivity index (χ4v) is 2.36. The predicted molar refractivity (Wildman–Crippen MR) is 89.3 cm³/mol. The lowest BCUT2D eigenvalue weighted by atomic mass is 10.2. The Hall–Kier alpha value is -2.43. The molecule has 1 aromatic carbocycles. The number of anilines is 2. The minimum absolute atomic E-state index is 0.0417. The van der Waals surface area contributed by atoms with E-state index < -0.39 is 0 Å². The Bertz CT molecular complexity index is 608. The molecule has 1 heterocycles. The zero-order valence-electron chi connectivity index (χ0n) is 13.5. The van der Waals surface area contributed by atoms with Gasteiger partial charge >= 0.3 is 0 Å². The van der Waals surface area contributed by atoms with Crippen LogP contribution in [-0.4, -0.2) is 33.6 Å². The van der Waals surface area contributed by atoms with E-state index in [4.69, 9.17) is 4.42 Å². The lowest BCUT2D eigenvalue weighted by Gasteiger charge is -2.25. The summed E-state index contributed by atoms with van der Waals surface area (Å²) < 4.78 is 5.30. The minimum Gasteiger partial charge on any atom is -0.467 e. The average molecular weight is 301 g/mol. The zero-order valence-corrected chi connectivity index (χ0v) is 13.5. The largest absolute Gasteiger partial charge is 0.467 e. The SMILES string of the molecule is C[C@H](NC(=O)CN(C)c1ccccc1N(C)C)c1ccco1. The molecule has 0 radical (unpaired) electrons. The molecule has 0 aliphatic heterocycles. The van der Waals surface area contributed by atoms with E-state index in [0.29, 0.717) is 0 Å². The van der Waals surface area contributed by atoms with Crippen LogP contribution in [0.3, 0.4) is 0 Å². The van der Waals surface area contributed by atoms with Crippen LogP contribution in [0.25, 0.3) is 0 Å². The van der Waals surface area contributed by atoms with Crippen LogP contribution in [0.5, 0.6) is 0 Å². The normalized spacial score (nSPS) is 11.8. The molecule has 5 nitrogen and oxygen atoms in total. The van der Waals surface area contributed by atoms with E-state index in [-0.39, 0.29) is 18.5 Å². The van der Waals surface area contributed by atoms with Gasteiger partial charge in [0.2, 0.25) is 5.91 Å². The van der Waals surface area contributed by atoms with Crippen LogP contribution in [0.15, 0.2) is 47.1 Å². The zero-order chi connectivity index (χ0) is 16.1. The second-order valence-corrected chi connectivity index (χ2v) is 5.54. The summed E-state index contributed by atoms with van der Waals surface area (Å²) in [6.45, 7) is 2.19. The fourth-order valence-electron chi connectivity index (χ4n) is 2.36. The Kier molecular flexibility index (Phi) is 5.09. The summed E-state index contributed by atoms with van der Waals surface area (Å²) in [5.74, 6) is 0.713. The number of furan rings is 1. The molecule has 118 valence electrons. The van der Waals surface area contributed by atoms with Crippen molar-refractivity contribution < 1.29 is 9.21 Å². The van der Waals surface area contributed by atoms with E-state index in [1.165, 1.54) is 0 Å². The maximum Gasteiger partial charge on any atom is 0.240 e. The van der Waals surface area contributed by atoms with Gasteiger partial charge in [-0.05, 0) is 31.2 Å². The minimum atomic E-state index is -0.139. The van der Waals surface area contributed by atoms with Gasteiger partial charge in [0.1, 0.15) is 5.76 Å². The van der Waals surface area contributed by atoms with E-state index in [1.54, 1.807) is 6.26 Å². The Morgan fingerprint density at radius 1 is 1.14 bits per heavy atom. The van der Waals surface area contributed by atoms with E-state index in [9.17, 15) is 4.79 Å². The molecule has 1 atom stereocenters. The van der Waals surface area contributed by atoms with Crippen molar-refractivity contribution >= 4 is 17.3 Å². The highest BCUT2D eigenvalue weighted by Gasteiger charge is 2.15. The quantitative estimate of drug-likeness (QED) is 0.891. The van der Waals surface area contributed by atoms with E-state index in [2.05, 4.69) is 5.32 Å². The van der Waals surface area contributed by atoms with Crippen LogP contribution in [-0.2, 0) is 4.79 Å². The van der Waals surface area contributed by atoms with Crippen molar-refractivity contribution in [1.82, 2.24) is 5.32 Å². The molecule has 0 fully saturated rings. The van der Waals surface area contributed by atoms with Crippen molar-refractivity contribution in [3.63, 3.8) is 0 Å². The maximum absolute atomic E-state index is 12.2. The highest BCUT2D eigenvalue weighted by Crippen LogP contribution is 2.26. The number of carbonyl (C=O) groups is 1. The van der Waals surface area contributed by atoms with E-state index in [1.807, 2.05) is 74.3 Å². The van der Waals surface area contributed by atoms with Gasteiger partial charge in [-0.1, -0.05) is 12.1 Å². The number of carbonyl (C=O) groups excluding carboxylic acids is 1. The third kappa shape index (κ3) is 3.81. The summed E-state index contributed by atoms with van der Waals surface area (Å²) in [6.07, 6.45) is 1.61. The van der Waals surface area contributed by atoms with E-state index >= 15 is 0 Å². The van der Waals surface area contributed by atoms with Crippen LogP contribution in [0.4, 0.5) is 11.4 Å². The Morgan fingerprint density at radius 3 is 2.41 bits per heavy atom. The van der Waals surface area contributed by atoms with Crippen molar-refractivity contribution in [2.75, 3.05) is 37.5 Å². The fraction of sp³-hybridized carbons (Fsp3) is 0.353. The monoisotopic (exact) mass is 301 g/mol. The molecule has 1 aromatic heterocycles. The van der Waals surface area contributed by atoms with Gasteiger partial charge in [0, 0.05) is 21.1 Å². The smallest absolute Gasteiger partial charge is 0.240 e. The second kappa shape index (κ2) is 7.02. The number of nitrogens with one attached hydrogen (secondary N) is 1. The molecule has 0 spiro atoms. The topological polar surface area (TPSA) is 48.7 Å². The van der Waals surface area contributed by atoms with Crippen LogP contribution in [0, 0.1) is 0 Å². The van der Waals surface area contributed by atoms with Gasteiger partial charge in [0.05, 0.1) is 30.2 Å². The molecule has 1 N–H and O–H groups in total. The van der Waals surface area contributed by atoms with Crippen molar-refractivity contribution in [1.29, 1.82) is 0 Å². The molecule has 0 saturated heterocycles. The molecular weight excluding hydrogens is 278 g/mol. The van der Waals surface area contributed by atoms with Gasteiger partial charge in [-0.25, -0.2) is 0 Å². The third-order valence-corrected chi connectivity index (χ3v) is 3.50. The molecule has 0 bridgehead atoms. The number of benzene rings is 1. The number of para-hydroxylation sites is 2.